The Hall–Kier alpha value is -2.49. The molecule has 9 heteroatoms. The summed E-state index contributed by atoms with van der Waals surface area (Å²) in [6.45, 7) is 2.39. The second kappa shape index (κ2) is 8.68. The molecule has 2 heterocycles. The van der Waals surface area contributed by atoms with Crippen LogP contribution in [0.5, 0.6) is 0 Å². The summed E-state index contributed by atoms with van der Waals surface area (Å²) in [5.41, 5.74) is 1.35. The number of aromatic nitrogens is 1. The van der Waals surface area contributed by atoms with E-state index in [1.807, 2.05) is 12.1 Å². The third-order valence-electron chi connectivity index (χ3n) is 4.70. The Bertz CT molecular complexity index is 925. The molecule has 0 aliphatic carbocycles. The van der Waals surface area contributed by atoms with E-state index < -0.39 is 10.0 Å². The minimum atomic E-state index is -3.73. The molecule has 1 aromatic carbocycles. The topological polar surface area (TPSA) is 91.8 Å². The van der Waals surface area contributed by atoms with E-state index in [4.69, 9.17) is 4.84 Å². The van der Waals surface area contributed by atoms with Crippen molar-refractivity contribution in [2.75, 3.05) is 32.1 Å². The predicted molar refractivity (Wildman–Crippen MR) is 105 cm³/mol. The van der Waals surface area contributed by atoms with Gasteiger partial charge < -0.3 is 10.2 Å². The van der Waals surface area contributed by atoms with Crippen LogP contribution in [-0.2, 0) is 21.4 Å². The van der Waals surface area contributed by atoms with Crippen molar-refractivity contribution in [3.05, 3.63) is 53.7 Å². The van der Waals surface area contributed by atoms with E-state index in [9.17, 15) is 13.2 Å². The summed E-state index contributed by atoms with van der Waals surface area (Å²) in [4.78, 5) is 23.8. The lowest BCUT2D eigenvalue weighted by Crippen LogP contribution is -2.26. The van der Waals surface area contributed by atoms with E-state index >= 15 is 0 Å². The summed E-state index contributed by atoms with van der Waals surface area (Å²) in [7, 11) is -1.15. The number of nitrogens with zero attached hydrogens (tertiary/aromatic N) is 3. The predicted octanol–water partition coefficient (Wildman–Crippen LogP) is 1.79. The molecule has 28 heavy (non-hydrogen) atoms. The highest BCUT2D eigenvalue weighted by Crippen LogP contribution is 2.19. The fraction of sp³-hybridized carbons (Fsp3) is 0.368. The highest BCUT2D eigenvalue weighted by molar-refractivity contribution is 7.89. The highest BCUT2D eigenvalue weighted by atomic mass is 32.2. The van der Waals surface area contributed by atoms with Crippen LogP contribution in [-0.4, -0.2) is 51.0 Å². The largest absolute Gasteiger partial charge is 0.357 e. The molecule has 150 valence electrons. The maximum absolute atomic E-state index is 12.4. The Kier molecular flexibility index (Phi) is 6.28. The van der Waals surface area contributed by atoms with Crippen molar-refractivity contribution in [2.24, 2.45) is 0 Å². The first-order valence-electron chi connectivity index (χ1n) is 9.03. The van der Waals surface area contributed by atoms with Crippen LogP contribution < -0.4 is 10.2 Å². The molecule has 1 N–H and O–H groups in total. The van der Waals surface area contributed by atoms with E-state index in [0.717, 1.165) is 28.9 Å². The van der Waals surface area contributed by atoms with Crippen LogP contribution in [0.1, 0.15) is 28.8 Å². The standard InChI is InChI=1S/C19H24N4O4S/c1-22(27-2)28(25,26)17-7-5-16(6-8-17)19(24)21-14-15-9-10-20-18(13-15)23-11-3-4-12-23/h5-10,13H,3-4,11-12,14H2,1-2H3,(H,21,24). The number of rotatable bonds is 7. The zero-order valence-corrected chi connectivity index (χ0v) is 16.8. The van der Waals surface area contributed by atoms with Crippen molar-refractivity contribution in [2.45, 2.75) is 24.3 Å². The second-order valence-corrected chi connectivity index (χ2v) is 8.46. The van der Waals surface area contributed by atoms with Crippen molar-refractivity contribution in [3.8, 4) is 0 Å². The lowest BCUT2D eigenvalue weighted by atomic mass is 10.2. The van der Waals surface area contributed by atoms with Crippen LogP contribution in [0.3, 0.4) is 0 Å². The van der Waals surface area contributed by atoms with Crippen molar-refractivity contribution in [1.29, 1.82) is 0 Å². The summed E-state index contributed by atoms with van der Waals surface area (Å²) < 4.78 is 25.1. The zero-order chi connectivity index (χ0) is 20.1. The quantitative estimate of drug-likeness (QED) is 0.708. The van der Waals surface area contributed by atoms with Gasteiger partial charge in [0.1, 0.15) is 5.82 Å². The molecule has 8 nitrogen and oxygen atoms in total. The molecular weight excluding hydrogens is 380 g/mol. The molecule has 3 rings (SSSR count). The fourth-order valence-corrected chi connectivity index (χ4v) is 3.97. The van der Waals surface area contributed by atoms with Crippen LogP contribution in [0.25, 0.3) is 0 Å². The number of anilines is 1. The third-order valence-corrected chi connectivity index (χ3v) is 6.40. The Morgan fingerprint density at radius 2 is 1.89 bits per heavy atom. The van der Waals surface area contributed by atoms with Crippen molar-refractivity contribution >= 4 is 21.7 Å². The Balaban J connectivity index is 1.63. The molecule has 1 fully saturated rings. The first kappa shape index (κ1) is 20.2. The van der Waals surface area contributed by atoms with Gasteiger partial charge in [0, 0.05) is 38.4 Å². The van der Waals surface area contributed by atoms with E-state index in [1.54, 1.807) is 6.20 Å². The van der Waals surface area contributed by atoms with Crippen LogP contribution in [0, 0.1) is 0 Å². The Morgan fingerprint density at radius 1 is 1.21 bits per heavy atom. The molecule has 1 aliphatic heterocycles. The van der Waals surface area contributed by atoms with Gasteiger partial charge in [-0.1, -0.05) is 4.47 Å². The number of hydrogen-bond donors (Lipinski definition) is 1. The summed E-state index contributed by atoms with van der Waals surface area (Å²) >= 11 is 0. The smallest absolute Gasteiger partial charge is 0.264 e. The molecule has 1 amide bonds. The Morgan fingerprint density at radius 3 is 2.54 bits per heavy atom. The number of pyridine rings is 1. The molecule has 1 aromatic heterocycles. The summed E-state index contributed by atoms with van der Waals surface area (Å²) in [5, 5.41) is 2.86. The average molecular weight is 404 g/mol. The first-order chi connectivity index (χ1) is 13.4. The maximum atomic E-state index is 12.4. The van der Waals surface area contributed by atoms with Crippen molar-refractivity contribution in [1.82, 2.24) is 14.8 Å². The van der Waals surface area contributed by atoms with E-state index in [0.29, 0.717) is 12.1 Å². The number of carbonyl (C=O) groups excluding carboxylic acids is 1. The van der Waals surface area contributed by atoms with Gasteiger partial charge >= 0.3 is 0 Å². The van der Waals surface area contributed by atoms with Gasteiger partial charge in [0.25, 0.3) is 15.9 Å². The van der Waals surface area contributed by atoms with E-state index in [1.165, 1.54) is 51.3 Å². The van der Waals surface area contributed by atoms with Crippen LogP contribution >= 0.6 is 0 Å². The van der Waals surface area contributed by atoms with Gasteiger partial charge in [-0.3, -0.25) is 9.63 Å². The van der Waals surface area contributed by atoms with Crippen molar-refractivity contribution in [3.63, 3.8) is 0 Å². The molecule has 1 aliphatic rings. The molecule has 0 radical (unpaired) electrons. The summed E-state index contributed by atoms with van der Waals surface area (Å²) in [6, 6.07) is 9.59. The molecule has 0 unspecified atom stereocenters. The molecule has 0 bridgehead atoms. The Labute approximate surface area is 165 Å². The number of amides is 1. The highest BCUT2D eigenvalue weighted by Gasteiger charge is 2.21. The minimum Gasteiger partial charge on any atom is -0.357 e. The monoisotopic (exact) mass is 404 g/mol. The molecule has 2 aromatic rings. The number of nitrogens with one attached hydrogen (secondary N) is 1. The molecule has 0 saturated carbocycles. The maximum Gasteiger partial charge on any atom is 0.264 e. The second-order valence-electron chi connectivity index (χ2n) is 6.52. The van der Waals surface area contributed by atoms with E-state index in [-0.39, 0.29) is 10.8 Å². The fourth-order valence-electron chi connectivity index (χ4n) is 3.00. The van der Waals surface area contributed by atoms with Crippen LogP contribution in [0.4, 0.5) is 5.82 Å². The normalized spacial score (nSPS) is 14.5. The number of hydrogen-bond acceptors (Lipinski definition) is 6. The number of carbonyl (C=O) groups is 1. The van der Waals surface area contributed by atoms with Gasteiger partial charge in [-0.15, -0.1) is 0 Å². The van der Waals surface area contributed by atoms with Crippen LogP contribution in [0.2, 0.25) is 0 Å². The SMILES string of the molecule is CON(C)S(=O)(=O)c1ccc(C(=O)NCc2ccnc(N3CCCC3)c2)cc1. The number of hydroxylamine groups is 1. The van der Waals surface area contributed by atoms with Gasteiger partial charge in [0.05, 0.1) is 12.0 Å². The van der Waals surface area contributed by atoms with Gasteiger partial charge in [-0.25, -0.2) is 13.4 Å². The minimum absolute atomic E-state index is 0.0535. The van der Waals surface area contributed by atoms with E-state index in [2.05, 4.69) is 15.2 Å². The molecule has 0 spiro atoms. The first-order valence-corrected chi connectivity index (χ1v) is 10.5. The van der Waals surface area contributed by atoms with Gasteiger partial charge in [-0.05, 0) is 54.8 Å². The third kappa shape index (κ3) is 4.49. The van der Waals surface area contributed by atoms with Crippen LogP contribution in [0.15, 0.2) is 47.5 Å². The van der Waals surface area contributed by atoms with Crippen molar-refractivity contribution < 1.29 is 18.0 Å². The van der Waals surface area contributed by atoms with Gasteiger partial charge in [0.2, 0.25) is 0 Å². The summed E-state index contributed by atoms with van der Waals surface area (Å²) in [5.74, 6) is 0.657. The lowest BCUT2D eigenvalue weighted by molar-refractivity contribution is -0.0258. The number of benzene rings is 1. The number of sulfonamides is 1. The summed E-state index contributed by atoms with van der Waals surface area (Å²) in [6.07, 6.45) is 4.10. The molecule has 0 atom stereocenters. The van der Waals surface area contributed by atoms with Gasteiger partial charge in [-0.2, -0.15) is 0 Å². The molecule has 1 saturated heterocycles. The van der Waals surface area contributed by atoms with Gasteiger partial charge in [0.15, 0.2) is 0 Å². The average Bonchev–Trinajstić information content (AvgIpc) is 3.26. The lowest BCUT2D eigenvalue weighted by Gasteiger charge is -2.17. The molecular formula is C19H24N4O4S. The zero-order valence-electron chi connectivity index (χ0n) is 16.0.